The molecule has 0 radical (unpaired) electrons. The monoisotopic (exact) mass is 321 g/mol. The summed E-state index contributed by atoms with van der Waals surface area (Å²) in [4.78, 5) is 8.79. The van der Waals surface area contributed by atoms with Crippen molar-refractivity contribution in [3.05, 3.63) is 58.0 Å². The Bertz CT molecular complexity index is 782. The summed E-state index contributed by atoms with van der Waals surface area (Å²) in [5.41, 5.74) is 1.72. The van der Waals surface area contributed by atoms with E-state index in [9.17, 15) is 0 Å². The van der Waals surface area contributed by atoms with Crippen molar-refractivity contribution in [1.82, 2.24) is 14.4 Å². The molecule has 0 bridgehead atoms. The Morgan fingerprint density at radius 3 is 2.61 bits per heavy atom. The summed E-state index contributed by atoms with van der Waals surface area (Å²) in [6.07, 6.45) is 1.92. The van der Waals surface area contributed by atoms with E-state index in [1.165, 1.54) is 0 Å². The van der Waals surface area contributed by atoms with Crippen LogP contribution in [0.2, 0.25) is 5.02 Å². The van der Waals surface area contributed by atoms with Gasteiger partial charge >= 0.3 is 117 Å². The second-order valence-corrected chi connectivity index (χ2v) is 4.91. The first kappa shape index (κ1) is 11.6. The zero-order valence-corrected chi connectivity index (χ0v) is 11.7. The van der Waals surface area contributed by atoms with Gasteiger partial charge in [0.2, 0.25) is 0 Å². The maximum atomic E-state index is 6.23. The van der Waals surface area contributed by atoms with Crippen LogP contribution >= 0.6 is 11.6 Å². The minimum atomic E-state index is 0.608. The van der Waals surface area contributed by atoms with Crippen molar-refractivity contribution >= 4 is 32.8 Å². The van der Waals surface area contributed by atoms with Crippen molar-refractivity contribution in [3.63, 3.8) is 0 Å². The van der Waals surface area contributed by atoms with Gasteiger partial charge < -0.3 is 0 Å². The molecule has 0 atom stereocenters. The van der Waals surface area contributed by atoms with Crippen LogP contribution in [0.3, 0.4) is 0 Å². The molecule has 2 aromatic heterocycles. The normalized spacial score (nSPS) is 10.7. The quantitative estimate of drug-likeness (QED) is 0.645. The molecule has 0 saturated heterocycles. The van der Waals surface area contributed by atoms with Crippen molar-refractivity contribution in [2.24, 2.45) is 0 Å². The minimum absolute atomic E-state index is 0.608. The Balaban J connectivity index is 2.42. The first-order valence-electron chi connectivity index (χ1n) is 5.36. The molecule has 3 rings (SSSR count). The topological polar surface area (TPSA) is 30.2 Å². The van der Waals surface area contributed by atoms with Gasteiger partial charge in [0.1, 0.15) is 0 Å². The number of hydrogen-bond acceptors (Lipinski definition) is 2. The van der Waals surface area contributed by atoms with Crippen LogP contribution in [0, 0.1) is 4.32 Å². The Kier molecular flexibility index (Phi) is 3.00. The Labute approximate surface area is 116 Å². The van der Waals surface area contributed by atoms with Gasteiger partial charge in [-0.3, -0.25) is 0 Å². The molecule has 18 heavy (non-hydrogen) atoms. The molecule has 3 nitrogen and oxygen atoms in total. The number of pyridine rings is 1. The fourth-order valence-corrected chi connectivity index (χ4v) is 2.40. The van der Waals surface area contributed by atoms with Crippen molar-refractivity contribution in [2.75, 3.05) is 0 Å². The van der Waals surface area contributed by atoms with Gasteiger partial charge in [-0.2, -0.15) is 0 Å². The summed E-state index contributed by atoms with van der Waals surface area (Å²) >= 11 is 9.07. The van der Waals surface area contributed by atoms with Gasteiger partial charge in [0.15, 0.2) is 0 Å². The molecule has 0 N–H and O–H groups in total. The molecule has 88 valence electrons. The zero-order chi connectivity index (χ0) is 12.5. The second-order valence-electron chi connectivity index (χ2n) is 3.74. The van der Waals surface area contributed by atoms with E-state index in [2.05, 4.69) is 25.5 Å². The molecule has 0 spiro atoms. The Morgan fingerprint density at radius 1 is 1.00 bits per heavy atom. The van der Waals surface area contributed by atoms with Crippen molar-refractivity contribution in [1.29, 1.82) is 0 Å². The molecular formula is C13H8ClN3Se. The molecule has 0 aliphatic heterocycles. The summed E-state index contributed by atoms with van der Waals surface area (Å²) in [6.45, 7) is 0. The van der Waals surface area contributed by atoms with Gasteiger partial charge in [0.05, 0.1) is 0 Å². The van der Waals surface area contributed by atoms with E-state index < -0.39 is 0 Å². The molecule has 0 fully saturated rings. The molecule has 5 heteroatoms. The van der Waals surface area contributed by atoms with Crippen LogP contribution in [0.4, 0.5) is 0 Å². The summed E-state index contributed by atoms with van der Waals surface area (Å²) in [5, 5.41) is 0.674. The predicted octanol–water partition coefficient (Wildman–Crippen LogP) is 2.75. The number of rotatable bonds is 1. The third kappa shape index (κ3) is 1.99. The average molecular weight is 321 g/mol. The molecule has 2 heterocycles. The third-order valence-electron chi connectivity index (χ3n) is 2.59. The van der Waals surface area contributed by atoms with Crippen LogP contribution in [-0.4, -0.2) is 29.9 Å². The first-order chi connectivity index (χ1) is 8.75. The molecule has 3 aromatic rings. The molecule has 0 saturated carbocycles. The standard InChI is InChI=1S/C13H8ClN3Se/c14-10-6-2-1-5-9(10)12-16-13(18)15-11-7-3-4-8-17(11)12/h1-8H. The Hall–Kier alpha value is -1.48. The molecule has 0 aliphatic carbocycles. The van der Waals surface area contributed by atoms with E-state index in [0.717, 1.165) is 17.0 Å². The van der Waals surface area contributed by atoms with Crippen LogP contribution in [-0.2, 0) is 0 Å². The summed E-state index contributed by atoms with van der Waals surface area (Å²) in [5.74, 6) is 0.778. The van der Waals surface area contributed by atoms with E-state index in [0.29, 0.717) is 9.35 Å². The SMILES string of the molecule is Clc1ccccc1-c1nc(=[Se])nc2ccccn12. The molecule has 0 aliphatic rings. The average Bonchev–Trinajstić information content (AvgIpc) is 2.38. The Morgan fingerprint density at radius 2 is 1.78 bits per heavy atom. The molecule has 0 amide bonds. The van der Waals surface area contributed by atoms with Crippen LogP contribution in [0.5, 0.6) is 0 Å². The second kappa shape index (κ2) is 4.65. The molecule has 0 unspecified atom stereocenters. The van der Waals surface area contributed by atoms with E-state index in [1.807, 2.05) is 53.1 Å². The van der Waals surface area contributed by atoms with Gasteiger partial charge in [-0.05, 0) is 0 Å². The number of halogens is 1. The maximum absolute atomic E-state index is 6.23. The van der Waals surface area contributed by atoms with Crippen LogP contribution in [0.15, 0.2) is 48.7 Å². The van der Waals surface area contributed by atoms with E-state index in [1.54, 1.807) is 0 Å². The van der Waals surface area contributed by atoms with Gasteiger partial charge in [-0.15, -0.1) is 0 Å². The van der Waals surface area contributed by atoms with E-state index >= 15 is 0 Å². The zero-order valence-electron chi connectivity index (χ0n) is 9.25. The first-order valence-corrected chi connectivity index (χ1v) is 6.59. The van der Waals surface area contributed by atoms with E-state index in [-0.39, 0.29) is 0 Å². The molecule has 1 aromatic carbocycles. The predicted molar refractivity (Wildman–Crippen MR) is 72.4 cm³/mol. The van der Waals surface area contributed by atoms with Gasteiger partial charge in [-0.25, -0.2) is 0 Å². The van der Waals surface area contributed by atoms with Crippen molar-refractivity contribution in [2.45, 2.75) is 0 Å². The number of aromatic nitrogens is 3. The van der Waals surface area contributed by atoms with Gasteiger partial charge in [0.25, 0.3) is 0 Å². The number of fused-ring (bicyclic) bond motifs is 1. The third-order valence-corrected chi connectivity index (χ3v) is 3.31. The van der Waals surface area contributed by atoms with Crippen LogP contribution in [0.1, 0.15) is 0 Å². The fourth-order valence-electron chi connectivity index (χ4n) is 1.80. The van der Waals surface area contributed by atoms with Crippen LogP contribution < -0.4 is 0 Å². The fraction of sp³-hybridized carbons (Fsp3) is 0. The van der Waals surface area contributed by atoms with Gasteiger partial charge in [-0.1, -0.05) is 0 Å². The van der Waals surface area contributed by atoms with Crippen molar-refractivity contribution in [3.8, 4) is 11.4 Å². The van der Waals surface area contributed by atoms with E-state index in [4.69, 9.17) is 11.6 Å². The number of hydrogen-bond donors (Lipinski definition) is 0. The summed E-state index contributed by atoms with van der Waals surface area (Å²) < 4.78 is 2.53. The number of nitrogens with zero attached hydrogens (tertiary/aromatic N) is 3. The van der Waals surface area contributed by atoms with Gasteiger partial charge in [0, 0.05) is 0 Å². The van der Waals surface area contributed by atoms with Crippen molar-refractivity contribution < 1.29 is 0 Å². The van der Waals surface area contributed by atoms with Crippen LogP contribution in [0.25, 0.3) is 17.0 Å². The summed E-state index contributed by atoms with van der Waals surface area (Å²) in [7, 11) is 0. The molecular weight excluding hydrogens is 313 g/mol. The number of benzene rings is 1. The summed E-state index contributed by atoms with van der Waals surface area (Å²) in [6, 6.07) is 13.5.